The van der Waals surface area contributed by atoms with Gasteiger partial charge in [-0.3, -0.25) is 0 Å². The molecular formula is C31H29BrF2N4O4S2. The number of nitrogens with one attached hydrogen (secondary N) is 1. The van der Waals surface area contributed by atoms with Gasteiger partial charge in [0.25, 0.3) is 0 Å². The zero-order chi connectivity index (χ0) is 31.1. The number of anilines is 2. The zero-order valence-corrected chi connectivity index (χ0v) is 26.9. The Bertz CT molecular complexity index is 1870. The van der Waals surface area contributed by atoms with E-state index in [2.05, 4.69) is 36.2 Å². The van der Waals surface area contributed by atoms with Crippen LogP contribution < -0.4 is 10.1 Å². The van der Waals surface area contributed by atoms with Crippen LogP contribution in [-0.2, 0) is 27.6 Å². The summed E-state index contributed by atoms with van der Waals surface area (Å²) in [4.78, 5) is 13.2. The molecule has 0 aliphatic heterocycles. The lowest BCUT2D eigenvalue weighted by molar-refractivity contribution is 0.152. The number of fused-ring (bicyclic) bond motifs is 1. The number of ether oxygens (including phenoxy) is 2. The van der Waals surface area contributed by atoms with E-state index < -0.39 is 15.7 Å². The normalized spacial score (nSPS) is 11.6. The van der Waals surface area contributed by atoms with Gasteiger partial charge in [0.2, 0.25) is 0 Å². The van der Waals surface area contributed by atoms with E-state index in [9.17, 15) is 12.8 Å². The van der Waals surface area contributed by atoms with Gasteiger partial charge in [0.1, 0.15) is 36.1 Å². The fourth-order valence-corrected chi connectivity index (χ4v) is 6.87. The fourth-order valence-electron chi connectivity index (χ4n) is 4.40. The molecule has 0 atom stereocenters. The summed E-state index contributed by atoms with van der Waals surface area (Å²) < 4.78 is 64.3. The highest BCUT2D eigenvalue weighted by atomic mass is 79.9. The fraction of sp³-hybridized carbons (Fsp3) is 0.258. The first-order valence-electron chi connectivity index (χ1n) is 13.8. The van der Waals surface area contributed by atoms with Crippen LogP contribution in [-0.4, -0.2) is 48.1 Å². The Morgan fingerprint density at radius 1 is 1.02 bits per heavy atom. The molecule has 2 aromatic heterocycles. The summed E-state index contributed by atoms with van der Waals surface area (Å²) in [5, 5.41) is 6.41. The molecule has 0 saturated carbocycles. The number of sulfone groups is 1. The van der Waals surface area contributed by atoms with Gasteiger partial charge in [-0.1, -0.05) is 19.1 Å². The molecule has 13 heteroatoms. The number of benzene rings is 3. The van der Waals surface area contributed by atoms with E-state index in [0.717, 1.165) is 5.01 Å². The van der Waals surface area contributed by atoms with Gasteiger partial charge in [0, 0.05) is 40.3 Å². The summed E-state index contributed by atoms with van der Waals surface area (Å²) in [5.41, 5.74) is 2.64. The van der Waals surface area contributed by atoms with Gasteiger partial charge in [-0.15, -0.1) is 11.3 Å². The highest BCUT2D eigenvalue weighted by molar-refractivity contribution is 9.10. The van der Waals surface area contributed by atoms with Crippen molar-refractivity contribution in [1.29, 1.82) is 0 Å². The van der Waals surface area contributed by atoms with Gasteiger partial charge < -0.3 is 14.8 Å². The second-order valence-corrected chi connectivity index (χ2v) is 14.0. The van der Waals surface area contributed by atoms with Crippen molar-refractivity contribution in [3.63, 3.8) is 0 Å². The lowest BCUT2D eigenvalue weighted by atomic mass is 10.1. The molecule has 0 saturated heterocycles. The van der Waals surface area contributed by atoms with Crippen LogP contribution in [0.4, 0.5) is 20.3 Å². The van der Waals surface area contributed by atoms with Crippen LogP contribution >= 0.6 is 27.3 Å². The SMILES string of the molecule is CCCS(=O)(=O)CCOCCc1nc(-c2cc3c(Nc4ccc(OCc5cccc(F)c5)c(Br)c4)ncnc3cc2F)cs1. The molecule has 1 N–H and O–H groups in total. The van der Waals surface area contributed by atoms with Crippen LogP contribution in [0.5, 0.6) is 5.75 Å². The van der Waals surface area contributed by atoms with E-state index in [1.54, 1.807) is 29.6 Å². The van der Waals surface area contributed by atoms with Gasteiger partial charge in [-0.2, -0.15) is 0 Å². The molecule has 230 valence electrons. The van der Waals surface area contributed by atoms with E-state index in [0.29, 0.717) is 68.9 Å². The minimum absolute atomic E-state index is 0.00383. The Labute approximate surface area is 266 Å². The Morgan fingerprint density at radius 3 is 2.68 bits per heavy atom. The van der Waals surface area contributed by atoms with Gasteiger partial charge in [0.15, 0.2) is 9.84 Å². The number of halogens is 3. The molecular weight excluding hydrogens is 674 g/mol. The highest BCUT2D eigenvalue weighted by Gasteiger charge is 2.15. The van der Waals surface area contributed by atoms with Crippen molar-refractivity contribution < 1.29 is 26.7 Å². The third-order valence-electron chi connectivity index (χ3n) is 6.54. The largest absolute Gasteiger partial charge is 0.488 e. The third-order valence-corrected chi connectivity index (χ3v) is 9.89. The maximum absolute atomic E-state index is 15.2. The first kappa shape index (κ1) is 31.9. The average Bonchev–Trinajstić information content (AvgIpc) is 3.45. The highest BCUT2D eigenvalue weighted by Crippen LogP contribution is 2.34. The van der Waals surface area contributed by atoms with E-state index in [1.807, 2.05) is 19.1 Å². The van der Waals surface area contributed by atoms with Gasteiger partial charge >= 0.3 is 0 Å². The summed E-state index contributed by atoms with van der Waals surface area (Å²) in [6, 6.07) is 14.7. The summed E-state index contributed by atoms with van der Waals surface area (Å²) in [6.07, 6.45) is 2.43. The Morgan fingerprint density at radius 2 is 1.89 bits per heavy atom. The minimum Gasteiger partial charge on any atom is -0.488 e. The van der Waals surface area contributed by atoms with E-state index in [4.69, 9.17) is 9.47 Å². The van der Waals surface area contributed by atoms with E-state index in [-0.39, 0.29) is 30.5 Å². The van der Waals surface area contributed by atoms with Crippen molar-refractivity contribution in [2.24, 2.45) is 0 Å². The molecule has 44 heavy (non-hydrogen) atoms. The molecule has 5 rings (SSSR count). The first-order valence-corrected chi connectivity index (χ1v) is 17.3. The molecule has 0 aliphatic carbocycles. The van der Waals surface area contributed by atoms with Crippen molar-refractivity contribution in [3.8, 4) is 17.0 Å². The lowest BCUT2D eigenvalue weighted by Crippen LogP contribution is -2.16. The Hall–Kier alpha value is -3.52. The molecule has 0 spiro atoms. The molecule has 0 fully saturated rings. The quantitative estimate of drug-likeness (QED) is 0.119. The van der Waals surface area contributed by atoms with Crippen molar-refractivity contribution >= 4 is 59.5 Å². The molecule has 8 nitrogen and oxygen atoms in total. The molecule has 0 bridgehead atoms. The molecule has 3 aromatic carbocycles. The number of aromatic nitrogens is 3. The molecule has 0 aliphatic rings. The van der Waals surface area contributed by atoms with E-state index >= 15 is 4.39 Å². The van der Waals surface area contributed by atoms with Crippen LogP contribution in [0, 0.1) is 11.6 Å². The summed E-state index contributed by atoms with van der Waals surface area (Å²) in [5.74, 6) is 0.444. The van der Waals surface area contributed by atoms with Crippen molar-refractivity contribution in [2.45, 2.75) is 26.4 Å². The number of thiazole rings is 1. The smallest absolute Gasteiger partial charge is 0.152 e. The zero-order valence-electron chi connectivity index (χ0n) is 23.7. The maximum Gasteiger partial charge on any atom is 0.152 e. The van der Waals surface area contributed by atoms with Crippen molar-refractivity contribution in [3.05, 3.63) is 93.0 Å². The summed E-state index contributed by atoms with van der Waals surface area (Å²) in [6.45, 7) is 2.50. The van der Waals surface area contributed by atoms with Gasteiger partial charge in [-0.25, -0.2) is 32.2 Å². The first-order chi connectivity index (χ1) is 21.2. The molecule has 2 heterocycles. The third kappa shape index (κ3) is 8.35. The van der Waals surface area contributed by atoms with Crippen molar-refractivity contribution in [2.75, 3.05) is 30.0 Å². The van der Waals surface area contributed by atoms with Gasteiger partial charge in [-0.05, 0) is 64.3 Å². The standard InChI is InChI=1S/C31H29BrF2N4O4S2/c1-2-11-44(39,40)12-10-41-9-8-30-38-28(18-43-30)23-15-24-27(16-26(23)34)35-19-36-31(24)37-22-6-7-29(25(32)14-22)42-17-20-4-3-5-21(33)13-20/h3-7,13-16,18-19H,2,8-12,17H2,1H3,(H,35,36,37). The molecule has 5 aromatic rings. The van der Waals surface area contributed by atoms with Gasteiger partial charge in [0.05, 0.1) is 39.7 Å². The van der Waals surface area contributed by atoms with Crippen LogP contribution in [0.1, 0.15) is 23.9 Å². The minimum atomic E-state index is -3.09. The molecule has 0 radical (unpaired) electrons. The number of nitrogens with zero attached hydrogens (tertiary/aromatic N) is 3. The number of hydrogen-bond acceptors (Lipinski definition) is 9. The van der Waals surface area contributed by atoms with Crippen LogP contribution in [0.15, 0.2) is 70.8 Å². The van der Waals surface area contributed by atoms with Crippen LogP contribution in [0.3, 0.4) is 0 Å². The van der Waals surface area contributed by atoms with E-state index in [1.165, 1.54) is 35.9 Å². The number of hydrogen-bond donors (Lipinski definition) is 1. The maximum atomic E-state index is 15.2. The summed E-state index contributed by atoms with van der Waals surface area (Å²) >= 11 is 4.91. The Balaban J connectivity index is 1.26. The predicted molar refractivity (Wildman–Crippen MR) is 172 cm³/mol. The van der Waals surface area contributed by atoms with Crippen LogP contribution in [0.25, 0.3) is 22.2 Å². The molecule has 0 amide bonds. The second kappa shape index (κ2) is 14.5. The van der Waals surface area contributed by atoms with Crippen LogP contribution in [0.2, 0.25) is 0 Å². The summed E-state index contributed by atoms with van der Waals surface area (Å²) in [7, 11) is -3.09. The van der Waals surface area contributed by atoms with Crippen molar-refractivity contribution in [1.82, 2.24) is 15.0 Å². The predicted octanol–water partition coefficient (Wildman–Crippen LogP) is 7.50. The second-order valence-electron chi connectivity index (χ2n) is 9.90. The monoisotopic (exact) mass is 702 g/mol. The number of rotatable bonds is 14. The Kier molecular flexibility index (Phi) is 10.5. The lowest BCUT2D eigenvalue weighted by Gasteiger charge is -2.13. The molecule has 0 unspecified atom stereocenters. The topological polar surface area (TPSA) is 103 Å². The average molecular weight is 704 g/mol.